The molecule has 1 N–H and O–H groups in total. The van der Waals surface area contributed by atoms with E-state index < -0.39 is 0 Å². The number of anilines is 1. The molecular formula is C12H17N3OS2. The van der Waals surface area contributed by atoms with Gasteiger partial charge in [-0.1, -0.05) is 24.3 Å². The van der Waals surface area contributed by atoms with Gasteiger partial charge in [-0.05, 0) is 17.9 Å². The lowest BCUT2D eigenvalue weighted by atomic mass is 10.4. The summed E-state index contributed by atoms with van der Waals surface area (Å²) in [6.45, 7) is 4.35. The minimum atomic E-state index is 0.552. The smallest absolute Gasteiger partial charge is 0.205 e. The maximum atomic E-state index is 5.60. The van der Waals surface area contributed by atoms with Crippen molar-refractivity contribution in [2.75, 3.05) is 18.5 Å². The van der Waals surface area contributed by atoms with Gasteiger partial charge < -0.3 is 10.1 Å². The zero-order chi connectivity index (χ0) is 12.6. The topological polar surface area (TPSA) is 47.0 Å². The highest BCUT2D eigenvalue weighted by Gasteiger charge is 2.03. The summed E-state index contributed by atoms with van der Waals surface area (Å²) in [5.74, 6) is 0. The van der Waals surface area contributed by atoms with E-state index in [0.717, 1.165) is 36.1 Å². The summed E-state index contributed by atoms with van der Waals surface area (Å²) in [5, 5.41) is 15.3. The summed E-state index contributed by atoms with van der Waals surface area (Å²) >= 11 is 3.33. The molecule has 2 heterocycles. The van der Waals surface area contributed by atoms with Crippen molar-refractivity contribution in [3.05, 3.63) is 27.4 Å². The van der Waals surface area contributed by atoms with Crippen molar-refractivity contribution < 1.29 is 4.74 Å². The number of rotatable bonds is 8. The molecule has 0 aliphatic carbocycles. The lowest BCUT2D eigenvalue weighted by molar-refractivity contribution is 0.123. The van der Waals surface area contributed by atoms with Crippen LogP contribution in [0.2, 0.25) is 0 Å². The summed E-state index contributed by atoms with van der Waals surface area (Å²) in [6.07, 6.45) is 2.06. The molecule has 2 aromatic rings. The molecule has 0 unspecified atom stereocenters. The van der Waals surface area contributed by atoms with Crippen LogP contribution in [0.1, 0.15) is 23.2 Å². The van der Waals surface area contributed by atoms with Gasteiger partial charge in [0.2, 0.25) is 5.13 Å². The molecule has 0 saturated heterocycles. The lowest BCUT2D eigenvalue weighted by Crippen LogP contribution is -1.98. The highest BCUT2D eigenvalue weighted by molar-refractivity contribution is 7.15. The van der Waals surface area contributed by atoms with Crippen LogP contribution in [-0.2, 0) is 17.8 Å². The van der Waals surface area contributed by atoms with Crippen molar-refractivity contribution in [1.29, 1.82) is 0 Å². The predicted octanol–water partition coefficient (Wildman–Crippen LogP) is 3.18. The van der Waals surface area contributed by atoms with Gasteiger partial charge in [0, 0.05) is 17.8 Å². The molecule has 0 atom stereocenters. The molecule has 2 rings (SSSR count). The maximum absolute atomic E-state index is 5.60. The van der Waals surface area contributed by atoms with Gasteiger partial charge in [-0.3, -0.25) is 0 Å². The van der Waals surface area contributed by atoms with Crippen LogP contribution in [0.5, 0.6) is 0 Å². The van der Waals surface area contributed by atoms with Gasteiger partial charge in [0.1, 0.15) is 11.6 Å². The van der Waals surface area contributed by atoms with Crippen LogP contribution in [0, 0.1) is 0 Å². The second-order valence-electron chi connectivity index (χ2n) is 3.81. The first-order valence-corrected chi connectivity index (χ1v) is 7.74. The normalized spacial score (nSPS) is 10.7. The summed E-state index contributed by atoms with van der Waals surface area (Å²) in [6, 6.07) is 4.20. The van der Waals surface area contributed by atoms with Crippen molar-refractivity contribution in [3.8, 4) is 0 Å². The molecule has 0 bridgehead atoms. The molecule has 0 spiro atoms. The van der Waals surface area contributed by atoms with Crippen LogP contribution < -0.4 is 5.32 Å². The Kier molecular flexibility index (Phi) is 5.57. The fourth-order valence-electron chi connectivity index (χ4n) is 1.40. The Labute approximate surface area is 115 Å². The molecule has 2 aromatic heterocycles. The van der Waals surface area contributed by atoms with Crippen LogP contribution in [0.25, 0.3) is 0 Å². The molecule has 0 saturated carbocycles. The summed E-state index contributed by atoms with van der Waals surface area (Å²) in [5.41, 5.74) is 0. The predicted molar refractivity (Wildman–Crippen MR) is 76.4 cm³/mol. The van der Waals surface area contributed by atoms with E-state index in [9.17, 15) is 0 Å². The number of aromatic nitrogens is 2. The van der Waals surface area contributed by atoms with Crippen molar-refractivity contribution in [3.63, 3.8) is 0 Å². The monoisotopic (exact) mass is 283 g/mol. The first-order valence-electron chi connectivity index (χ1n) is 6.05. The highest BCUT2D eigenvalue weighted by Crippen LogP contribution is 2.16. The molecule has 0 aromatic carbocycles. The molecule has 0 aliphatic heterocycles. The number of hydrogen-bond acceptors (Lipinski definition) is 6. The Bertz CT molecular complexity index is 442. The van der Waals surface area contributed by atoms with E-state index in [4.69, 9.17) is 4.74 Å². The van der Waals surface area contributed by atoms with E-state index in [-0.39, 0.29) is 0 Å². The molecule has 6 heteroatoms. The average molecular weight is 283 g/mol. The maximum Gasteiger partial charge on any atom is 0.205 e. The van der Waals surface area contributed by atoms with Crippen LogP contribution in [0.3, 0.4) is 0 Å². The molecule has 4 nitrogen and oxygen atoms in total. The molecule has 0 fully saturated rings. The van der Waals surface area contributed by atoms with Crippen molar-refractivity contribution in [1.82, 2.24) is 10.2 Å². The van der Waals surface area contributed by atoms with Crippen LogP contribution in [0.4, 0.5) is 5.13 Å². The molecule has 0 aliphatic rings. The summed E-state index contributed by atoms with van der Waals surface area (Å²) < 4.78 is 5.60. The van der Waals surface area contributed by atoms with Crippen molar-refractivity contribution in [2.45, 2.75) is 26.4 Å². The third-order valence-electron chi connectivity index (χ3n) is 2.29. The molecule has 98 valence electrons. The van der Waals surface area contributed by atoms with Gasteiger partial charge in [-0.15, -0.1) is 21.5 Å². The summed E-state index contributed by atoms with van der Waals surface area (Å²) in [4.78, 5) is 1.36. The van der Waals surface area contributed by atoms with E-state index >= 15 is 0 Å². The SMILES string of the molecule is CCCNc1nnc(COCCc2cccs2)s1. The van der Waals surface area contributed by atoms with Crippen molar-refractivity contribution in [2.24, 2.45) is 0 Å². The van der Waals surface area contributed by atoms with Gasteiger partial charge in [0.15, 0.2) is 0 Å². The van der Waals surface area contributed by atoms with E-state index in [1.165, 1.54) is 4.88 Å². The van der Waals surface area contributed by atoms with E-state index in [1.54, 1.807) is 22.7 Å². The average Bonchev–Trinajstić information content (AvgIpc) is 3.04. The highest BCUT2D eigenvalue weighted by atomic mass is 32.1. The standard InChI is InChI=1S/C12H17N3OS2/c1-2-6-13-12-15-14-11(18-12)9-16-7-5-10-4-3-8-17-10/h3-4,8H,2,5-7,9H2,1H3,(H,13,15). The third kappa shape index (κ3) is 4.36. The number of thiophene rings is 1. The van der Waals surface area contributed by atoms with E-state index in [2.05, 4.69) is 40.0 Å². The first-order chi connectivity index (χ1) is 8.88. The second-order valence-corrected chi connectivity index (χ2v) is 5.90. The Balaban J connectivity index is 1.65. The number of ether oxygens (including phenoxy) is 1. The van der Waals surface area contributed by atoms with Gasteiger partial charge in [0.25, 0.3) is 0 Å². The van der Waals surface area contributed by atoms with E-state index in [0.29, 0.717) is 6.61 Å². The fraction of sp³-hybridized carbons (Fsp3) is 0.500. The first kappa shape index (κ1) is 13.5. The molecule has 0 radical (unpaired) electrons. The molecular weight excluding hydrogens is 266 g/mol. The molecule has 18 heavy (non-hydrogen) atoms. The zero-order valence-electron chi connectivity index (χ0n) is 10.4. The van der Waals surface area contributed by atoms with Gasteiger partial charge >= 0.3 is 0 Å². The summed E-state index contributed by atoms with van der Waals surface area (Å²) in [7, 11) is 0. The van der Waals surface area contributed by atoms with E-state index in [1.807, 2.05) is 0 Å². The van der Waals surface area contributed by atoms with Gasteiger partial charge in [-0.2, -0.15) is 0 Å². The zero-order valence-corrected chi connectivity index (χ0v) is 12.0. The minimum absolute atomic E-state index is 0.552. The lowest BCUT2D eigenvalue weighted by Gasteiger charge is -1.99. The van der Waals surface area contributed by atoms with Crippen LogP contribution in [-0.4, -0.2) is 23.3 Å². The Morgan fingerprint density at radius 1 is 1.39 bits per heavy atom. The fourth-order valence-corrected chi connectivity index (χ4v) is 2.80. The van der Waals surface area contributed by atoms with Crippen LogP contribution in [0.15, 0.2) is 17.5 Å². The van der Waals surface area contributed by atoms with Crippen molar-refractivity contribution >= 4 is 27.8 Å². The quantitative estimate of drug-likeness (QED) is 0.756. The number of hydrogen-bond donors (Lipinski definition) is 1. The largest absolute Gasteiger partial charge is 0.374 e. The molecule has 0 amide bonds. The van der Waals surface area contributed by atoms with Gasteiger partial charge in [-0.25, -0.2) is 0 Å². The Hall–Kier alpha value is -0.980. The Morgan fingerprint density at radius 3 is 3.11 bits per heavy atom. The minimum Gasteiger partial charge on any atom is -0.374 e. The third-order valence-corrected chi connectivity index (χ3v) is 4.08. The van der Waals surface area contributed by atoms with Crippen LogP contribution >= 0.6 is 22.7 Å². The second kappa shape index (κ2) is 7.45. The Morgan fingerprint density at radius 2 is 2.33 bits per heavy atom. The number of nitrogens with zero attached hydrogens (tertiary/aromatic N) is 2. The van der Waals surface area contributed by atoms with Gasteiger partial charge in [0.05, 0.1) is 6.61 Å². The number of nitrogens with one attached hydrogen (secondary N) is 1.